The summed E-state index contributed by atoms with van der Waals surface area (Å²) in [5.41, 5.74) is 2.68. The summed E-state index contributed by atoms with van der Waals surface area (Å²) < 4.78 is 0. The molecule has 1 saturated heterocycles. The molecule has 1 amide bonds. The fourth-order valence-electron chi connectivity index (χ4n) is 4.07. The number of nitrogens with one attached hydrogen (secondary N) is 1. The molecule has 0 radical (unpaired) electrons. The standard InChI is InChI=1S/C26H29N3OS/c30-25(14-13-24-12-7-21-31-24)27-15-16-28-17-19-29(20-18-28)26(22-8-3-1-4-9-22)23-10-5-2-6-11-23/h1-14,21,26H,15-20H2,(H,27,30)/b14-13+. The third-order valence-corrected chi connectivity index (χ3v) is 6.51. The first-order valence-corrected chi connectivity index (χ1v) is 11.7. The summed E-state index contributed by atoms with van der Waals surface area (Å²) in [5, 5.41) is 5.01. The predicted octanol–water partition coefficient (Wildman–Crippen LogP) is 4.28. The van der Waals surface area contributed by atoms with E-state index in [1.165, 1.54) is 11.1 Å². The van der Waals surface area contributed by atoms with Gasteiger partial charge in [-0.2, -0.15) is 0 Å². The Bertz CT molecular complexity index is 909. The van der Waals surface area contributed by atoms with Gasteiger partial charge in [0.2, 0.25) is 5.91 Å². The number of nitrogens with zero attached hydrogens (tertiary/aromatic N) is 2. The first-order chi connectivity index (χ1) is 15.3. The van der Waals surface area contributed by atoms with Gasteiger partial charge < -0.3 is 5.32 Å². The normalized spacial score (nSPS) is 15.5. The molecule has 0 aliphatic carbocycles. The lowest BCUT2D eigenvalue weighted by Gasteiger charge is -2.39. The van der Waals surface area contributed by atoms with Gasteiger partial charge in [0.1, 0.15) is 0 Å². The molecule has 1 aliphatic heterocycles. The van der Waals surface area contributed by atoms with Crippen LogP contribution in [0.25, 0.3) is 6.08 Å². The Labute approximate surface area is 188 Å². The van der Waals surface area contributed by atoms with Gasteiger partial charge in [0.05, 0.1) is 6.04 Å². The van der Waals surface area contributed by atoms with Gasteiger partial charge in [-0.1, -0.05) is 66.7 Å². The van der Waals surface area contributed by atoms with Gasteiger partial charge in [-0.3, -0.25) is 14.6 Å². The van der Waals surface area contributed by atoms with E-state index < -0.39 is 0 Å². The van der Waals surface area contributed by atoms with Crippen molar-refractivity contribution in [1.29, 1.82) is 0 Å². The number of amides is 1. The molecule has 0 saturated carbocycles. The minimum atomic E-state index is -0.0275. The SMILES string of the molecule is O=C(/C=C/c1cccs1)NCCN1CCN(C(c2ccccc2)c2ccccc2)CC1. The molecule has 5 heteroatoms. The summed E-state index contributed by atoms with van der Waals surface area (Å²) >= 11 is 1.63. The molecule has 4 nitrogen and oxygen atoms in total. The van der Waals surface area contributed by atoms with Crippen LogP contribution in [0.5, 0.6) is 0 Å². The van der Waals surface area contributed by atoms with Crippen molar-refractivity contribution in [3.05, 3.63) is 100 Å². The average molecular weight is 432 g/mol. The van der Waals surface area contributed by atoms with E-state index in [2.05, 4.69) is 75.8 Å². The van der Waals surface area contributed by atoms with Crippen LogP contribution in [0.4, 0.5) is 0 Å². The van der Waals surface area contributed by atoms with Gasteiger partial charge in [0.15, 0.2) is 0 Å². The summed E-state index contributed by atoms with van der Waals surface area (Å²) in [7, 11) is 0. The largest absolute Gasteiger partial charge is 0.351 e. The van der Waals surface area contributed by atoms with Crippen LogP contribution in [0.1, 0.15) is 22.0 Å². The van der Waals surface area contributed by atoms with E-state index in [0.717, 1.165) is 37.6 Å². The Morgan fingerprint density at radius 3 is 2.13 bits per heavy atom. The Kier molecular flexibility index (Phi) is 7.66. The number of carbonyl (C=O) groups excluding carboxylic acids is 1. The van der Waals surface area contributed by atoms with Crippen LogP contribution in [-0.2, 0) is 4.79 Å². The Morgan fingerprint density at radius 2 is 1.55 bits per heavy atom. The van der Waals surface area contributed by atoms with Crippen LogP contribution >= 0.6 is 11.3 Å². The molecule has 0 atom stereocenters. The summed E-state index contributed by atoms with van der Waals surface area (Å²) in [6, 6.07) is 25.8. The number of rotatable bonds is 8. The van der Waals surface area contributed by atoms with Gasteiger partial charge in [0.25, 0.3) is 0 Å². The van der Waals surface area contributed by atoms with Crippen molar-refractivity contribution in [3.8, 4) is 0 Å². The molecule has 31 heavy (non-hydrogen) atoms. The van der Waals surface area contributed by atoms with Crippen LogP contribution in [0.15, 0.2) is 84.3 Å². The molecular formula is C26H29N3OS. The second-order valence-corrected chi connectivity index (χ2v) is 8.72. The summed E-state index contributed by atoms with van der Waals surface area (Å²) in [6.45, 7) is 5.61. The number of benzene rings is 2. The Morgan fingerprint density at radius 1 is 0.903 bits per heavy atom. The molecule has 1 fully saturated rings. The molecule has 2 aromatic carbocycles. The predicted molar refractivity (Wildman–Crippen MR) is 129 cm³/mol. The lowest BCUT2D eigenvalue weighted by atomic mass is 9.96. The van der Waals surface area contributed by atoms with E-state index in [1.807, 2.05) is 23.6 Å². The third-order valence-electron chi connectivity index (χ3n) is 5.67. The number of hydrogen-bond acceptors (Lipinski definition) is 4. The zero-order chi connectivity index (χ0) is 21.3. The van der Waals surface area contributed by atoms with Gasteiger partial charge >= 0.3 is 0 Å². The minimum Gasteiger partial charge on any atom is -0.351 e. The molecule has 1 aromatic heterocycles. The highest BCUT2D eigenvalue weighted by molar-refractivity contribution is 7.10. The second kappa shape index (κ2) is 11.0. The number of hydrogen-bond donors (Lipinski definition) is 1. The number of carbonyl (C=O) groups is 1. The quantitative estimate of drug-likeness (QED) is 0.541. The maximum absolute atomic E-state index is 12.0. The van der Waals surface area contributed by atoms with Crippen LogP contribution in [0.2, 0.25) is 0 Å². The summed E-state index contributed by atoms with van der Waals surface area (Å²) in [5.74, 6) is -0.0275. The number of thiophene rings is 1. The van der Waals surface area contributed by atoms with Crippen molar-refractivity contribution < 1.29 is 4.79 Å². The van der Waals surface area contributed by atoms with E-state index in [1.54, 1.807) is 17.4 Å². The summed E-state index contributed by atoms with van der Waals surface area (Å²) in [4.78, 5) is 18.1. The lowest BCUT2D eigenvalue weighted by molar-refractivity contribution is -0.116. The molecule has 0 spiro atoms. The lowest BCUT2D eigenvalue weighted by Crippen LogP contribution is -2.49. The molecular weight excluding hydrogens is 402 g/mol. The van der Waals surface area contributed by atoms with Crippen LogP contribution in [0.3, 0.4) is 0 Å². The third kappa shape index (κ3) is 6.14. The average Bonchev–Trinajstić information content (AvgIpc) is 3.34. The first kappa shape index (κ1) is 21.5. The molecule has 1 N–H and O–H groups in total. The van der Waals surface area contributed by atoms with Crippen molar-refractivity contribution >= 4 is 23.3 Å². The fraction of sp³-hybridized carbons (Fsp3) is 0.269. The van der Waals surface area contributed by atoms with Crippen LogP contribution in [0, 0.1) is 0 Å². The van der Waals surface area contributed by atoms with E-state index in [-0.39, 0.29) is 11.9 Å². The highest BCUT2D eigenvalue weighted by atomic mass is 32.1. The maximum atomic E-state index is 12.0. The van der Waals surface area contributed by atoms with Gasteiger partial charge in [-0.15, -0.1) is 11.3 Å². The first-order valence-electron chi connectivity index (χ1n) is 10.9. The fourth-order valence-corrected chi connectivity index (χ4v) is 4.69. The van der Waals surface area contributed by atoms with Gasteiger partial charge in [-0.05, 0) is 28.6 Å². The van der Waals surface area contributed by atoms with Crippen molar-refractivity contribution in [3.63, 3.8) is 0 Å². The molecule has 160 valence electrons. The van der Waals surface area contributed by atoms with Crippen molar-refractivity contribution in [1.82, 2.24) is 15.1 Å². The molecule has 0 bridgehead atoms. The van der Waals surface area contributed by atoms with E-state index in [4.69, 9.17) is 0 Å². The topological polar surface area (TPSA) is 35.6 Å². The zero-order valence-electron chi connectivity index (χ0n) is 17.7. The molecule has 0 unspecified atom stereocenters. The molecule has 1 aliphatic rings. The molecule has 4 rings (SSSR count). The monoisotopic (exact) mass is 431 g/mol. The van der Waals surface area contributed by atoms with Crippen molar-refractivity contribution in [2.75, 3.05) is 39.3 Å². The molecule has 3 aromatic rings. The van der Waals surface area contributed by atoms with E-state index in [9.17, 15) is 4.79 Å². The Hall–Kier alpha value is -2.73. The number of piperazine rings is 1. The van der Waals surface area contributed by atoms with Gasteiger partial charge in [0, 0.05) is 50.2 Å². The highest BCUT2D eigenvalue weighted by Crippen LogP contribution is 2.29. The molecule has 2 heterocycles. The van der Waals surface area contributed by atoms with Crippen molar-refractivity contribution in [2.24, 2.45) is 0 Å². The van der Waals surface area contributed by atoms with E-state index >= 15 is 0 Å². The highest BCUT2D eigenvalue weighted by Gasteiger charge is 2.26. The Balaban J connectivity index is 1.27. The zero-order valence-corrected chi connectivity index (χ0v) is 18.5. The van der Waals surface area contributed by atoms with Crippen LogP contribution in [-0.4, -0.2) is 55.0 Å². The van der Waals surface area contributed by atoms with Crippen molar-refractivity contribution in [2.45, 2.75) is 6.04 Å². The van der Waals surface area contributed by atoms with E-state index in [0.29, 0.717) is 6.54 Å². The smallest absolute Gasteiger partial charge is 0.244 e. The van der Waals surface area contributed by atoms with Gasteiger partial charge in [-0.25, -0.2) is 0 Å². The summed E-state index contributed by atoms with van der Waals surface area (Å²) in [6.07, 6.45) is 3.49. The maximum Gasteiger partial charge on any atom is 0.244 e. The van der Waals surface area contributed by atoms with Crippen LogP contribution < -0.4 is 5.32 Å². The second-order valence-electron chi connectivity index (χ2n) is 7.74. The minimum absolute atomic E-state index is 0.0275.